The fraction of sp³-hybridized carbons (Fsp3) is 0.851. The van der Waals surface area contributed by atoms with Gasteiger partial charge < -0.3 is 50.7 Å². The smallest absolute Gasteiger partial charge is 0.407 e. The number of carbonyl (C=O) groups excluding carboxylic acids is 7. The fourth-order valence-electron chi connectivity index (χ4n) is 8.10. The van der Waals surface area contributed by atoms with Crippen LogP contribution in [0.5, 0.6) is 0 Å². The molecule has 0 aromatic rings. The lowest BCUT2D eigenvalue weighted by molar-refractivity contribution is -0.139. The van der Waals surface area contributed by atoms with Crippen LogP contribution in [0.15, 0.2) is 0 Å². The van der Waals surface area contributed by atoms with Crippen molar-refractivity contribution >= 4 is 61.6 Å². The number of hydrogen-bond acceptors (Lipinski definition) is 12. The van der Waals surface area contributed by atoms with Crippen molar-refractivity contribution in [1.82, 2.24) is 41.7 Å². The third-order valence-electron chi connectivity index (χ3n) is 13.2. The fourth-order valence-corrected chi connectivity index (χ4v) is 9.59. The van der Waals surface area contributed by atoms with Crippen LogP contribution in [-0.2, 0) is 42.7 Å². The average molecular weight is 983 g/mol. The molecule has 0 bridgehead atoms. The minimum absolute atomic E-state index is 0.143. The molecule has 18 nitrogen and oxygen atoms in total. The van der Waals surface area contributed by atoms with Crippen molar-refractivity contribution in [2.24, 2.45) is 0 Å². The zero-order chi connectivity index (χ0) is 50.3. The Labute approximate surface area is 405 Å². The van der Waals surface area contributed by atoms with Crippen LogP contribution >= 0.6 is 11.8 Å². The first-order valence-electron chi connectivity index (χ1n) is 24.7. The maximum atomic E-state index is 14.7. The highest BCUT2D eigenvalue weighted by molar-refractivity contribution is 7.98. The van der Waals surface area contributed by atoms with Gasteiger partial charge in [-0.15, -0.1) is 0 Å². The Kier molecular flexibility index (Phi) is 22.9. The van der Waals surface area contributed by atoms with Crippen LogP contribution in [0.2, 0.25) is 18.1 Å². The topological polar surface area (TPSA) is 226 Å². The van der Waals surface area contributed by atoms with Gasteiger partial charge in [0.2, 0.25) is 35.4 Å². The van der Waals surface area contributed by atoms with Gasteiger partial charge in [-0.1, -0.05) is 47.5 Å². The Balaban J connectivity index is 2.14. The standard InChI is InChI=1S/C47H86N8O10SSi/c1-14-16-24-48-43(60)38-37-35(29-64-67(12,13)47(8,9)10)55(37)44(61)30(3)50-39(56)32(21-18-19-25-49-45(62)65-46(5,6)7)51-40(57)33(23-28-66-11)52-42(59)36(31(4)63-27-17-15-2)53-41(58)34-22-20-26-54(34)38/h30-38H,14-29H2,1-13H3,(H,48,60)(H,49,62)(H,50,56)(H,51,57)(H,52,59)(H,53,58)/t30-,31+,32-,33-,34-,35+,36-,37-,38+,55?/m0/s1. The molecule has 0 spiro atoms. The molecule has 0 aromatic carbocycles. The molecule has 3 heterocycles. The molecule has 0 aliphatic carbocycles. The molecule has 0 saturated carbocycles. The number of alkyl carbamates (subject to hydrolysis) is 1. The quantitative estimate of drug-likeness (QED) is 0.0580. The van der Waals surface area contributed by atoms with E-state index >= 15 is 0 Å². The number of unbranched alkanes of at least 4 members (excludes halogenated alkanes) is 3. The molecule has 3 aliphatic heterocycles. The molecule has 3 fully saturated rings. The Hall–Kier alpha value is -3.46. The average Bonchev–Trinajstić information content (AvgIpc) is 3.72. The summed E-state index contributed by atoms with van der Waals surface area (Å²) in [7, 11) is -2.36. The highest BCUT2D eigenvalue weighted by Crippen LogP contribution is 2.41. The molecule has 0 radical (unpaired) electrons. The summed E-state index contributed by atoms with van der Waals surface area (Å²) in [5.41, 5.74) is -0.677. The summed E-state index contributed by atoms with van der Waals surface area (Å²) in [4.78, 5) is 103. The number of thioether (sulfide) groups is 1. The summed E-state index contributed by atoms with van der Waals surface area (Å²) < 4.78 is 18.2. The molecule has 67 heavy (non-hydrogen) atoms. The summed E-state index contributed by atoms with van der Waals surface area (Å²) in [6.45, 7) is 24.8. The molecule has 9 atom stereocenters. The highest BCUT2D eigenvalue weighted by Gasteiger charge is 2.61. The van der Waals surface area contributed by atoms with E-state index in [1.807, 2.05) is 25.0 Å². The molecule has 20 heteroatoms. The van der Waals surface area contributed by atoms with Crippen molar-refractivity contribution in [3.63, 3.8) is 0 Å². The third-order valence-corrected chi connectivity index (χ3v) is 18.3. The lowest BCUT2D eigenvalue weighted by Gasteiger charge is -2.36. The van der Waals surface area contributed by atoms with Crippen molar-refractivity contribution in [2.45, 2.75) is 212 Å². The number of nitrogens with zero attached hydrogens (tertiary/aromatic N) is 2. The normalized spacial score (nSPS) is 26.5. The summed E-state index contributed by atoms with van der Waals surface area (Å²) >= 11 is 1.48. The van der Waals surface area contributed by atoms with Gasteiger partial charge in [0.1, 0.15) is 35.8 Å². The molecule has 384 valence electrons. The van der Waals surface area contributed by atoms with E-state index in [0.717, 1.165) is 25.7 Å². The largest absolute Gasteiger partial charge is 0.444 e. The Bertz CT molecular complexity index is 1680. The molecule has 3 rings (SSSR count). The van der Waals surface area contributed by atoms with Crippen molar-refractivity contribution in [3.8, 4) is 0 Å². The van der Waals surface area contributed by atoms with E-state index in [2.05, 4.69) is 65.8 Å². The number of ether oxygens (including phenoxy) is 2. The van der Waals surface area contributed by atoms with E-state index in [9.17, 15) is 33.6 Å². The third kappa shape index (κ3) is 17.5. The summed E-state index contributed by atoms with van der Waals surface area (Å²) in [5.74, 6) is -2.54. The molecule has 7 amide bonds. The van der Waals surface area contributed by atoms with Gasteiger partial charge in [-0.25, -0.2) is 4.79 Å². The molecular formula is C47H86N8O10SSi. The molecule has 6 N–H and O–H groups in total. The monoisotopic (exact) mass is 983 g/mol. The zero-order valence-electron chi connectivity index (χ0n) is 42.9. The number of rotatable bonds is 20. The van der Waals surface area contributed by atoms with Crippen LogP contribution in [-0.4, -0.2) is 165 Å². The second-order valence-corrected chi connectivity index (χ2v) is 26.6. The molecular weight excluding hydrogens is 897 g/mol. The van der Waals surface area contributed by atoms with Gasteiger partial charge in [0.05, 0.1) is 30.8 Å². The van der Waals surface area contributed by atoms with Crippen LogP contribution in [0.3, 0.4) is 0 Å². The Morgan fingerprint density at radius 3 is 2.09 bits per heavy atom. The SMILES string of the molecule is CCCCNC(=O)[C@H]1[C@@H]2[C@@H](CO[Si](C)(C)C(C)(C)C)N2C(=O)[C@H](C)NC(=O)[C@H](CCCCNC(=O)OC(C)(C)C)NC(=O)[C@H](CCSC)NC(=O)[C@H]([C@@H](C)OCCCC)NC(=O)[C@@H]2CCCN21. The highest BCUT2D eigenvalue weighted by atomic mass is 32.2. The van der Waals surface area contributed by atoms with E-state index < -0.39 is 104 Å². The Morgan fingerprint density at radius 2 is 1.46 bits per heavy atom. The van der Waals surface area contributed by atoms with Crippen molar-refractivity contribution in [2.75, 3.05) is 44.9 Å². The van der Waals surface area contributed by atoms with Gasteiger partial charge in [0.15, 0.2) is 8.32 Å². The minimum Gasteiger partial charge on any atom is -0.444 e. The van der Waals surface area contributed by atoms with Gasteiger partial charge in [0.25, 0.3) is 0 Å². The van der Waals surface area contributed by atoms with Crippen LogP contribution < -0.4 is 31.9 Å². The first-order chi connectivity index (χ1) is 31.4. The van der Waals surface area contributed by atoms with Crippen molar-refractivity contribution < 1.29 is 47.5 Å². The van der Waals surface area contributed by atoms with E-state index in [1.165, 1.54) is 11.8 Å². The number of nitrogens with one attached hydrogen (secondary N) is 6. The number of hydrogen-bond donors (Lipinski definition) is 6. The van der Waals surface area contributed by atoms with Crippen LogP contribution in [0.4, 0.5) is 4.79 Å². The lowest BCUT2D eigenvalue weighted by Crippen LogP contribution is -2.62. The van der Waals surface area contributed by atoms with Crippen molar-refractivity contribution in [1.29, 1.82) is 0 Å². The first kappa shape index (κ1) is 57.9. The minimum atomic E-state index is -2.36. The van der Waals surface area contributed by atoms with E-state index in [-0.39, 0.29) is 36.9 Å². The van der Waals surface area contributed by atoms with Crippen LogP contribution in [0.1, 0.15) is 133 Å². The molecule has 3 saturated heterocycles. The zero-order valence-corrected chi connectivity index (χ0v) is 44.7. The molecule has 0 unspecified atom stereocenters. The summed E-state index contributed by atoms with van der Waals surface area (Å²) in [6, 6.07) is -7.55. The summed E-state index contributed by atoms with van der Waals surface area (Å²) in [6.07, 6.45) is 5.86. The number of fused-ring (bicyclic) bond motifs is 2. The van der Waals surface area contributed by atoms with Crippen LogP contribution in [0, 0.1) is 0 Å². The second-order valence-electron chi connectivity index (χ2n) is 20.8. The van der Waals surface area contributed by atoms with Gasteiger partial charge in [-0.2, -0.15) is 11.8 Å². The lowest BCUT2D eigenvalue weighted by atomic mass is 10.0. The predicted molar refractivity (Wildman–Crippen MR) is 264 cm³/mol. The predicted octanol–water partition coefficient (Wildman–Crippen LogP) is 3.96. The van der Waals surface area contributed by atoms with Gasteiger partial charge in [-0.3, -0.25) is 33.7 Å². The van der Waals surface area contributed by atoms with Gasteiger partial charge >= 0.3 is 6.09 Å². The van der Waals surface area contributed by atoms with Crippen molar-refractivity contribution in [3.05, 3.63) is 0 Å². The van der Waals surface area contributed by atoms with Gasteiger partial charge in [0, 0.05) is 19.7 Å². The maximum Gasteiger partial charge on any atom is 0.407 e. The van der Waals surface area contributed by atoms with Gasteiger partial charge in [-0.05, 0) is 123 Å². The second kappa shape index (κ2) is 26.5. The molecule has 0 aromatic heterocycles. The summed E-state index contributed by atoms with van der Waals surface area (Å²) in [5, 5.41) is 17.2. The van der Waals surface area contributed by atoms with E-state index in [0.29, 0.717) is 51.1 Å². The Morgan fingerprint density at radius 1 is 0.836 bits per heavy atom. The number of carbonyl (C=O) groups is 7. The first-order valence-corrected chi connectivity index (χ1v) is 29.0. The van der Waals surface area contributed by atoms with Crippen LogP contribution in [0.25, 0.3) is 0 Å². The number of amides is 7. The van der Waals surface area contributed by atoms with E-state index in [4.69, 9.17) is 13.9 Å². The van der Waals surface area contributed by atoms with E-state index in [1.54, 1.807) is 39.5 Å². The molecule has 3 aliphatic rings. The maximum absolute atomic E-state index is 14.7.